The molecule has 0 amide bonds. The quantitative estimate of drug-likeness (QED) is 0.361. The summed E-state index contributed by atoms with van der Waals surface area (Å²) in [5.74, 6) is -0.444. The monoisotopic (exact) mass is 476 g/mol. The number of halogens is 1. The SMILES string of the molecule is O=c1c(-c2ccc(F)cc2)c(-c2ccc(C[SH](=O)=O)cc2)cnn1-c1csc2ccccc12. The molecule has 2 aromatic heterocycles. The lowest BCUT2D eigenvalue weighted by atomic mass is 9.96. The maximum atomic E-state index is 13.7. The van der Waals surface area contributed by atoms with Crippen LogP contribution in [0.1, 0.15) is 5.56 Å². The van der Waals surface area contributed by atoms with Crippen LogP contribution in [0.15, 0.2) is 89.2 Å². The lowest BCUT2D eigenvalue weighted by molar-refractivity contribution is 0.614. The number of hydrogen-bond acceptors (Lipinski definition) is 5. The Hall–Kier alpha value is -3.62. The first kappa shape index (κ1) is 21.2. The Morgan fingerprint density at radius 3 is 2.33 bits per heavy atom. The van der Waals surface area contributed by atoms with Crippen molar-refractivity contribution in [2.45, 2.75) is 5.75 Å². The lowest BCUT2D eigenvalue weighted by Gasteiger charge is -2.13. The molecule has 0 unspecified atom stereocenters. The summed E-state index contributed by atoms with van der Waals surface area (Å²) in [4.78, 5) is 13.7. The molecular weight excluding hydrogens is 459 g/mol. The van der Waals surface area contributed by atoms with Crippen molar-refractivity contribution in [1.82, 2.24) is 9.78 Å². The van der Waals surface area contributed by atoms with Crippen LogP contribution in [-0.2, 0) is 16.5 Å². The summed E-state index contributed by atoms with van der Waals surface area (Å²) in [6.07, 6.45) is 1.62. The predicted octanol–water partition coefficient (Wildman–Crippen LogP) is 5.03. The third kappa shape index (κ3) is 4.10. The molecule has 0 saturated heterocycles. The van der Waals surface area contributed by atoms with Crippen LogP contribution in [0.4, 0.5) is 4.39 Å². The van der Waals surface area contributed by atoms with Gasteiger partial charge in [-0.3, -0.25) is 4.79 Å². The second-order valence-electron chi connectivity index (χ2n) is 7.46. The minimum atomic E-state index is -2.53. The molecule has 0 aliphatic carbocycles. The molecule has 5 nitrogen and oxygen atoms in total. The van der Waals surface area contributed by atoms with Crippen LogP contribution in [0, 0.1) is 5.82 Å². The van der Waals surface area contributed by atoms with E-state index < -0.39 is 16.5 Å². The number of fused-ring (bicyclic) bond motifs is 1. The van der Waals surface area contributed by atoms with Crippen LogP contribution < -0.4 is 5.56 Å². The first-order valence-corrected chi connectivity index (χ1v) is 12.3. The normalized spacial score (nSPS) is 11.3. The third-order valence-corrected chi connectivity index (χ3v) is 6.95. The highest BCUT2D eigenvalue weighted by atomic mass is 32.2. The molecule has 0 bridgehead atoms. The minimum absolute atomic E-state index is 0.0501. The number of rotatable bonds is 5. The summed E-state index contributed by atoms with van der Waals surface area (Å²) >= 11 is 1.53. The second kappa shape index (κ2) is 8.73. The van der Waals surface area contributed by atoms with Crippen LogP contribution in [0.25, 0.3) is 38.0 Å². The molecule has 3 aromatic carbocycles. The first-order chi connectivity index (χ1) is 16.0. The van der Waals surface area contributed by atoms with Crippen LogP contribution in [0.5, 0.6) is 0 Å². The molecule has 0 N–H and O–H groups in total. The zero-order valence-electron chi connectivity index (χ0n) is 17.1. The number of hydrogen-bond donors (Lipinski definition) is 1. The average Bonchev–Trinajstić information content (AvgIpc) is 3.24. The van der Waals surface area contributed by atoms with Crippen LogP contribution >= 0.6 is 11.3 Å². The molecule has 5 rings (SSSR count). The van der Waals surface area contributed by atoms with Gasteiger partial charge in [-0.2, -0.15) is 9.78 Å². The molecule has 33 heavy (non-hydrogen) atoms. The van der Waals surface area contributed by atoms with Gasteiger partial charge in [-0.1, -0.05) is 54.6 Å². The van der Waals surface area contributed by atoms with Gasteiger partial charge in [-0.15, -0.1) is 11.3 Å². The summed E-state index contributed by atoms with van der Waals surface area (Å²) in [5, 5.41) is 7.28. The second-order valence-corrected chi connectivity index (χ2v) is 9.35. The van der Waals surface area contributed by atoms with Crippen molar-refractivity contribution in [3.05, 3.63) is 106 Å². The molecule has 5 aromatic rings. The van der Waals surface area contributed by atoms with E-state index in [4.69, 9.17) is 0 Å². The summed E-state index contributed by atoms with van der Waals surface area (Å²) in [5.41, 5.74) is 3.28. The number of thiol groups is 1. The van der Waals surface area contributed by atoms with E-state index >= 15 is 0 Å². The maximum absolute atomic E-state index is 13.7. The highest BCUT2D eigenvalue weighted by molar-refractivity contribution is 7.71. The van der Waals surface area contributed by atoms with E-state index in [2.05, 4.69) is 5.10 Å². The summed E-state index contributed by atoms with van der Waals surface area (Å²) in [7, 11) is -2.53. The highest BCUT2D eigenvalue weighted by Crippen LogP contribution is 2.32. The van der Waals surface area contributed by atoms with Crippen LogP contribution in [0.3, 0.4) is 0 Å². The highest BCUT2D eigenvalue weighted by Gasteiger charge is 2.18. The van der Waals surface area contributed by atoms with E-state index in [0.717, 1.165) is 10.1 Å². The van der Waals surface area contributed by atoms with Gasteiger partial charge < -0.3 is 0 Å². The van der Waals surface area contributed by atoms with Crippen molar-refractivity contribution < 1.29 is 12.8 Å². The topological polar surface area (TPSA) is 69.0 Å². The zero-order chi connectivity index (χ0) is 22.9. The van der Waals surface area contributed by atoms with Gasteiger partial charge >= 0.3 is 0 Å². The van der Waals surface area contributed by atoms with Gasteiger partial charge in [0, 0.05) is 21.0 Å². The molecule has 0 radical (unpaired) electrons. The average molecular weight is 477 g/mol. The molecule has 2 heterocycles. The van der Waals surface area contributed by atoms with Gasteiger partial charge in [0.1, 0.15) is 16.5 Å². The lowest BCUT2D eigenvalue weighted by Crippen LogP contribution is -2.23. The summed E-state index contributed by atoms with van der Waals surface area (Å²) in [6, 6.07) is 20.5. The number of aromatic nitrogens is 2. The van der Waals surface area contributed by atoms with Crippen LogP contribution in [0.2, 0.25) is 0 Å². The molecule has 0 aliphatic rings. The largest absolute Gasteiger partial charge is 0.280 e. The zero-order valence-corrected chi connectivity index (χ0v) is 18.9. The van der Waals surface area contributed by atoms with Gasteiger partial charge in [0.05, 0.1) is 23.2 Å². The molecule has 0 spiro atoms. The molecule has 0 aliphatic heterocycles. The first-order valence-electron chi connectivity index (χ1n) is 10.1. The van der Waals surface area contributed by atoms with Crippen molar-refractivity contribution in [2.24, 2.45) is 0 Å². The van der Waals surface area contributed by atoms with Crippen molar-refractivity contribution in [2.75, 3.05) is 0 Å². The fourth-order valence-corrected chi connectivity index (χ4v) is 5.24. The van der Waals surface area contributed by atoms with E-state index in [9.17, 15) is 17.6 Å². The third-order valence-electron chi connectivity index (χ3n) is 5.38. The molecule has 0 saturated carbocycles. The van der Waals surface area contributed by atoms with E-state index in [1.807, 2.05) is 29.6 Å². The van der Waals surface area contributed by atoms with Crippen molar-refractivity contribution in [3.8, 4) is 27.9 Å². The van der Waals surface area contributed by atoms with Gasteiger partial charge in [-0.25, -0.2) is 12.8 Å². The van der Waals surface area contributed by atoms with Gasteiger partial charge in [0.2, 0.25) is 0 Å². The minimum Gasteiger partial charge on any atom is -0.267 e. The van der Waals surface area contributed by atoms with Crippen LogP contribution in [-0.4, -0.2) is 18.2 Å². The number of thiophene rings is 1. The Balaban J connectivity index is 1.72. The predicted molar refractivity (Wildman–Crippen MR) is 130 cm³/mol. The van der Waals surface area contributed by atoms with Gasteiger partial charge in [0.15, 0.2) is 0 Å². The fraction of sp³-hybridized carbons (Fsp3) is 0.0400. The Kier molecular flexibility index (Phi) is 5.62. The Morgan fingerprint density at radius 2 is 1.61 bits per heavy atom. The Labute approximate surface area is 194 Å². The number of benzene rings is 3. The van der Waals surface area contributed by atoms with Crippen molar-refractivity contribution in [1.29, 1.82) is 0 Å². The molecule has 8 heteroatoms. The fourth-order valence-electron chi connectivity index (χ4n) is 3.81. The van der Waals surface area contributed by atoms with Crippen molar-refractivity contribution >= 4 is 32.1 Å². The van der Waals surface area contributed by atoms with E-state index in [1.54, 1.807) is 42.6 Å². The molecule has 164 valence electrons. The van der Waals surface area contributed by atoms with E-state index in [0.29, 0.717) is 33.5 Å². The maximum Gasteiger partial charge on any atom is 0.280 e. The van der Waals surface area contributed by atoms with E-state index in [1.165, 1.54) is 28.2 Å². The molecular formula is C25H17FN2O3S2. The molecule has 0 fully saturated rings. The van der Waals surface area contributed by atoms with Crippen molar-refractivity contribution in [3.63, 3.8) is 0 Å². The summed E-state index contributed by atoms with van der Waals surface area (Å²) in [6.45, 7) is 0. The van der Waals surface area contributed by atoms with E-state index in [-0.39, 0.29) is 11.3 Å². The van der Waals surface area contributed by atoms with Gasteiger partial charge in [0.25, 0.3) is 5.56 Å². The van der Waals surface area contributed by atoms with Gasteiger partial charge in [-0.05, 0) is 34.9 Å². The molecule has 0 atom stereocenters. The number of nitrogens with zero attached hydrogens (tertiary/aromatic N) is 2. The Morgan fingerprint density at radius 1 is 0.909 bits per heavy atom. The smallest absolute Gasteiger partial charge is 0.267 e. The Bertz CT molecular complexity index is 1590. The standard InChI is InChI=1S/C25H17FN2O3S2/c26-19-11-9-18(10-12-19)24-21(17-7-5-16(6-8-17)15-33(30)31)13-27-28(25(24)29)22-14-32-23-4-2-1-3-20(22)23/h1-14,33H,15H2. The summed E-state index contributed by atoms with van der Waals surface area (Å²) < 4.78 is 38.1.